The maximum absolute atomic E-state index is 12.6. The number of H-pyrrole nitrogens is 1. The van der Waals surface area contributed by atoms with E-state index in [-0.39, 0.29) is 5.91 Å². The van der Waals surface area contributed by atoms with Crippen molar-refractivity contribution in [2.75, 3.05) is 11.4 Å². The number of rotatable bonds is 1. The fourth-order valence-corrected chi connectivity index (χ4v) is 2.66. The summed E-state index contributed by atoms with van der Waals surface area (Å²) in [5.74, 6) is -0.0220. The summed E-state index contributed by atoms with van der Waals surface area (Å²) in [6.45, 7) is 2.76. The molecule has 0 fully saturated rings. The standard InChI is InChI=1S/C15H14N2OS/c1-10-4-5-11-6-8-17(13(11)9-10)15(18)12-3-2-7-16-14(12)19/h2-5,7,9H,6,8H2,1H3,(H,16,19). The van der Waals surface area contributed by atoms with Gasteiger partial charge < -0.3 is 9.88 Å². The smallest absolute Gasteiger partial charge is 0.261 e. The van der Waals surface area contributed by atoms with Crippen LogP contribution in [0.3, 0.4) is 0 Å². The van der Waals surface area contributed by atoms with Crippen LogP contribution in [0.25, 0.3) is 0 Å². The molecule has 1 amide bonds. The number of pyridine rings is 1. The second-order valence-electron chi connectivity index (χ2n) is 4.75. The Labute approximate surface area is 116 Å². The van der Waals surface area contributed by atoms with Gasteiger partial charge in [0.2, 0.25) is 0 Å². The van der Waals surface area contributed by atoms with Crippen LogP contribution in [0.2, 0.25) is 0 Å². The lowest BCUT2D eigenvalue weighted by molar-refractivity contribution is 0.0988. The average molecular weight is 270 g/mol. The SMILES string of the molecule is Cc1ccc2c(c1)N(C(=O)c1ccc[nH]c1=S)CC2. The first kappa shape index (κ1) is 12.1. The van der Waals surface area contributed by atoms with Crippen molar-refractivity contribution in [2.24, 2.45) is 0 Å². The van der Waals surface area contributed by atoms with Crippen LogP contribution in [0.15, 0.2) is 36.5 Å². The van der Waals surface area contributed by atoms with E-state index in [1.165, 1.54) is 5.56 Å². The molecule has 0 unspecified atom stereocenters. The number of carbonyl (C=O) groups excluding carboxylic acids is 1. The van der Waals surface area contributed by atoms with Crippen molar-refractivity contribution in [3.63, 3.8) is 0 Å². The molecule has 0 radical (unpaired) electrons. The number of aromatic amines is 1. The Bertz CT molecular complexity index is 705. The van der Waals surface area contributed by atoms with E-state index >= 15 is 0 Å². The summed E-state index contributed by atoms with van der Waals surface area (Å²) in [7, 11) is 0. The van der Waals surface area contributed by atoms with Gasteiger partial charge in [0.05, 0.1) is 5.56 Å². The van der Waals surface area contributed by atoms with Crippen LogP contribution in [-0.2, 0) is 6.42 Å². The minimum Gasteiger partial charge on any atom is -0.352 e. The van der Waals surface area contributed by atoms with Crippen LogP contribution in [0.5, 0.6) is 0 Å². The molecule has 3 nitrogen and oxygen atoms in total. The van der Waals surface area contributed by atoms with Gasteiger partial charge in [0, 0.05) is 18.4 Å². The minimum atomic E-state index is -0.0220. The Balaban J connectivity index is 2.03. The molecule has 0 aliphatic carbocycles. The van der Waals surface area contributed by atoms with E-state index in [1.54, 1.807) is 18.3 Å². The second kappa shape index (κ2) is 4.63. The van der Waals surface area contributed by atoms with E-state index in [1.807, 2.05) is 11.8 Å². The number of aryl methyl sites for hydroxylation is 1. The number of benzene rings is 1. The molecule has 96 valence electrons. The number of nitrogens with zero attached hydrogens (tertiary/aromatic N) is 1. The Morgan fingerprint density at radius 2 is 2.21 bits per heavy atom. The zero-order chi connectivity index (χ0) is 13.4. The van der Waals surface area contributed by atoms with E-state index in [0.717, 1.165) is 24.2 Å². The number of hydrogen-bond acceptors (Lipinski definition) is 2. The van der Waals surface area contributed by atoms with E-state index < -0.39 is 0 Å². The van der Waals surface area contributed by atoms with Crippen molar-refractivity contribution in [3.05, 3.63) is 57.9 Å². The highest BCUT2D eigenvalue weighted by molar-refractivity contribution is 7.71. The summed E-state index contributed by atoms with van der Waals surface area (Å²) in [5.41, 5.74) is 3.97. The molecule has 19 heavy (non-hydrogen) atoms. The fraction of sp³-hybridized carbons (Fsp3) is 0.200. The predicted molar refractivity (Wildman–Crippen MR) is 78.2 cm³/mol. The number of aromatic nitrogens is 1. The predicted octanol–water partition coefficient (Wildman–Crippen LogP) is 3.26. The molecular formula is C15H14N2OS. The zero-order valence-corrected chi connectivity index (χ0v) is 11.5. The molecule has 0 spiro atoms. The lowest BCUT2D eigenvalue weighted by Gasteiger charge is -2.17. The highest BCUT2D eigenvalue weighted by Crippen LogP contribution is 2.30. The molecule has 0 saturated carbocycles. The van der Waals surface area contributed by atoms with Crippen LogP contribution < -0.4 is 4.90 Å². The van der Waals surface area contributed by atoms with Gasteiger partial charge in [-0.3, -0.25) is 4.79 Å². The third-order valence-electron chi connectivity index (χ3n) is 3.43. The van der Waals surface area contributed by atoms with Crippen molar-refractivity contribution < 1.29 is 4.79 Å². The second-order valence-corrected chi connectivity index (χ2v) is 5.16. The highest BCUT2D eigenvalue weighted by atomic mass is 32.1. The van der Waals surface area contributed by atoms with Crippen LogP contribution >= 0.6 is 12.2 Å². The van der Waals surface area contributed by atoms with Crippen LogP contribution in [0.1, 0.15) is 21.5 Å². The normalized spacial score (nSPS) is 13.4. The maximum atomic E-state index is 12.6. The van der Waals surface area contributed by atoms with E-state index in [9.17, 15) is 4.79 Å². The van der Waals surface area contributed by atoms with Gasteiger partial charge in [-0.05, 0) is 42.7 Å². The summed E-state index contributed by atoms with van der Waals surface area (Å²) in [6.07, 6.45) is 2.64. The molecule has 0 atom stereocenters. The van der Waals surface area contributed by atoms with Crippen molar-refractivity contribution in [1.29, 1.82) is 0 Å². The zero-order valence-electron chi connectivity index (χ0n) is 10.6. The van der Waals surface area contributed by atoms with Crippen molar-refractivity contribution >= 4 is 23.8 Å². The van der Waals surface area contributed by atoms with Crippen LogP contribution in [-0.4, -0.2) is 17.4 Å². The summed E-state index contributed by atoms with van der Waals surface area (Å²) >= 11 is 5.19. The van der Waals surface area contributed by atoms with Gasteiger partial charge in [0.15, 0.2) is 0 Å². The minimum absolute atomic E-state index is 0.0220. The summed E-state index contributed by atoms with van der Waals surface area (Å²) in [6, 6.07) is 9.83. The maximum Gasteiger partial charge on any atom is 0.261 e. The van der Waals surface area contributed by atoms with E-state index in [4.69, 9.17) is 12.2 Å². The molecule has 1 aromatic heterocycles. The lowest BCUT2D eigenvalue weighted by Crippen LogP contribution is -2.29. The molecule has 3 rings (SSSR count). The third-order valence-corrected chi connectivity index (χ3v) is 3.77. The molecule has 1 aromatic carbocycles. The number of carbonyl (C=O) groups is 1. The van der Waals surface area contributed by atoms with Crippen LogP contribution in [0, 0.1) is 11.6 Å². The molecule has 0 bridgehead atoms. The van der Waals surface area contributed by atoms with Gasteiger partial charge >= 0.3 is 0 Å². The summed E-state index contributed by atoms with van der Waals surface area (Å²) < 4.78 is 0.494. The molecular weight excluding hydrogens is 256 g/mol. The quantitative estimate of drug-likeness (QED) is 0.807. The fourth-order valence-electron chi connectivity index (χ4n) is 2.44. The number of fused-ring (bicyclic) bond motifs is 1. The Hall–Kier alpha value is -1.94. The summed E-state index contributed by atoms with van der Waals surface area (Å²) in [5, 5.41) is 0. The monoisotopic (exact) mass is 270 g/mol. The molecule has 2 heterocycles. The van der Waals surface area contributed by atoms with Gasteiger partial charge in [-0.15, -0.1) is 0 Å². The van der Waals surface area contributed by atoms with Gasteiger partial charge in [0.1, 0.15) is 4.64 Å². The van der Waals surface area contributed by atoms with Crippen molar-refractivity contribution in [1.82, 2.24) is 4.98 Å². The average Bonchev–Trinajstić information content (AvgIpc) is 2.81. The summed E-state index contributed by atoms with van der Waals surface area (Å²) in [4.78, 5) is 17.3. The first-order chi connectivity index (χ1) is 9.16. The molecule has 2 aromatic rings. The van der Waals surface area contributed by atoms with Crippen molar-refractivity contribution in [3.8, 4) is 0 Å². The van der Waals surface area contributed by atoms with Gasteiger partial charge in [-0.25, -0.2) is 0 Å². The highest BCUT2D eigenvalue weighted by Gasteiger charge is 2.26. The first-order valence-corrected chi connectivity index (χ1v) is 6.67. The molecule has 0 saturated heterocycles. The topological polar surface area (TPSA) is 36.1 Å². The molecule has 1 N–H and O–H groups in total. The van der Waals surface area contributed by atoms with Gasteiger partial charge in [-0.2, -0.15) is 0 Å². The van der Waals surface area contributed by atoms with E-state index in [2.05, 4.69) is 23.2 Å². The van der Waals surface area contributed by atoms with E-state index in [0.29, 0.717) is 10.2 Å². The van der Waals surface area contributed by atoms with Gasteiger partial charge in [-0.1, -0.05) is 24.4 Å². The van der Waals surface area contributed by atoms with Gasteiger partial charge in [0.25, 0.3) is 5.91 Å². The first-order valence-electron chi connectivity index (χ1n) is 6.26. The molecule has 4 heteroatoms. The largest absolute Gasteiger partial charge is 0.352 e. The number of amides is 1. The Kier molecular flexibility index (Phi) is 2.95. The third kappa shape index (κ3) is 2.08. The number of nitrogens with one attached hydrogen (secondary N) is 1. The Morgan fingerprint density at radius 1 is 1.37 bits per heavy atom. The number of hydrogen-bond donors (Lipinski definition) is 1. The van der Waals surface area contributed by atoms with Crippen molar-refractivity contribution in [2.45, 2.75) is 13.3 Å². The number of anilines is 1. The Morgan fingerprint density at radius 3 is 3.00 bits per heavy atom. The molecule has 1 aliphatic rings. The van der Waals surface area contributed by atoms with Crippen LogP contribution in [0.4, 0.5) is 5.69 Å². The lowest BCUT2D eigenvalue weighted by atomic mass is 10.1. The molecule has 1 aliphatic heterocycles.